The van der Waals surface area contributed by atoms with E-state index in [1.165, 1.54) is 18.2 Å². The van der Waals surface area contributed by atoms with Crippen LogP contribution in [0.15, 0.2) is 35.9 Å². The van der Waals surface area contributed by atoms with Crippen LogP contribution in [0, 0.1) is 0 Å². The fourth-order valence-corrected chi connectivity index (χ4v) is 6.61. The first kappa shape index (κ1) is 27.0. The van der Waals surface area contributed by atoms with Gasteiger partial charge in [0.15, 0.2) is 5.79 Å². The highest BCUT2D eigenvalue weighted by molar-refractivity contribution is 8.13. The topological polar surface area (TPSA) is 74.3 Å². The number of thioether (sulfide) groups is 1. The summed E-state index contributed by atoms with van der Waals surface area (Å²) in [5.74, 6) is 0.00916. The molecule has 1 aromatic carbocycles. The predicted octanol–water partition coefficient (Wildman–Crippen LogP) is 5.86. The second kappa shape index (κ2) is 12.5. The van der Waals surface area contributed by atoms with Gasteiger partial charge in [-0.3, -0.25) is 4.79 Å². The minimum Gasteiger partial charge on any atom is -0.497 e. The number of carbonyl (C=O) groups is 2. The maximum atomic E-state index is 13.0. The molecule has 2 bridgehead atoms. The molecule has 0 unspecified atom stereocenters. The number of fused-ring (bicyclic) bond motifs is 2. The van der Waals surface area contributed by atoms with Gasteiger partial charge in [-0.2, -0.15) is 0 Å². The van der Waals surface area contributed by atoms with Crippen LogP contribution < -0.4 is 4.74 Å². The van der Waals surface area contributed by atoms with Crippen LogP contribution in [0.5, 0.6) is 5.75 Å². The normalized spacial score (nSPS) is 31.8. The Morgan fingerprint density at radius 2 is 1.81 bits per heavy atom. The van der Waals surface area contributed by atoms with E-state index in [0.29, 0.717) is 25.1 Å². The summed E-state index contributed by atoms with van der Waals surface area (Å²) in [4.78, 5) is 27.6. The minimum atomic E-state index is -1.03. The van der Waals surface area contributed by atoms with Crippen LogP contribution in [0.3, 0.4) is 0 Å². The Bertz CT molecular complexity index is 934. The van der Waals surface area contributed by atoms with Crippen molar-refractivity contribution in [3.8, 4) is 5.75 Å². The van der Waals surface area contributed by atoms with E-state index in [9.17, 15) is 9.59 Å². The summed E-state index contributed by atoms with van der Waals surface area (Å²) >= 11 is 1.29. The highest BCUT2D eigenvalue weighted by atomic mass is 32.2. The fourth-order valence-electron chi connectivity index (χ4n) is 5.52. The van der Waals surface area contributed by atoms with Gasteiger partial charge in [0.05, 0.1) is 19.3 Å². The van der Waals surface area contributed by atoms with Crippen LogP contribution in [-0.4, -0.2) is 60.1 Å². The van der Waals surface area contributed by atoms with Gasteiger partial charge < -0.3 is 23.8 Å². The molecule has 8 heteroatoms. The number of rotatable bonds is 5. The van der Waals surface area contributed by atoms with Crippen molar-refractivity contribution in [1.29, 1.82) is 0 Å². The lowest BCUT2D eigenvalue weighted by molar-refractivity contribution is -0.305. The van der Waals surface area contributed by atoms with Crippen LogP contribution in [0.1, 0.15) is 70.3 Å². The molecule has 7 nitrogen and oxygen atoms in total. The van der Waals surface area contributed by atoms with Crippen LogP contribution >= 0.6 is 11.8 Å². The fraction of sp³-hybridized carbons (Fsp3) is 0.643. The summed E-state index contributed by atoms with van der Waals surface area (Å²) in [5.41, 5.74) is 2.07. The summed E-state index contributed by atoms with van der Waals surface area (Å²) in [6, 6.07) is 7.45. The van der Waals surface area contributed by atoms with E-state index in [1.54, 1.807) is 20.3 Å². The maximum absolute atomic E-state index is 13.0. The number of hydrogen-bond acceptors (Lipinski definition) is 7. The van der Waals surface area contributed by atoms with E-state index in [0.717, 1.165) is 55.4 Å². The van der Waals surface area contributed by atoms with Crippen molar-refractivity contribution in [3.05, 3.63) is 41.5 Å². The van der Waals surface area contributed by atoms with E-state index >= 15 is 0 Å². The molecule has 0 aromatic heterocycles. The van der Waals surface area contributed by atoms with Crippen molar-refractivity contribution >= 4 is 23.0 Å². The number of esters is 1. The molecule has 3 aliphatic rings. The molecule has 0 spiro atoms. The van der Waals surface area contributed by atoms with Crippen molar-refractivity contribution in [2.45, 2.75) is 95.3 Å². The number of benzene rings is 1. The predicted molar refractivity (Wildman–Crippen MR) is 140 cm³/mol. The molecule has 36 heavy (non-hydrogen) atoms. The average molecular weight is 518 g/mol. The molecule has 0 radical (unpaired) electrons. The second-order valence-corrected chi connectivity index (χ2v) is 11.1. The lowest BCUT2D eigenvalue weighted by Gasteiger charge is -2.48. The highest BCUT2D eigenvalue weighted by Gasteiger charge is 2.54. The zero-order chi connectivity index (χ0) is 25.5. The molecule has 198 valence electrons. The molecule has 4 atom stereocenters. The summed E-state index contributed by atoms with van der Waals surface area (Å²) in [6.45, 7) is 2.45. The van der Waals surface area contributed by atoms with Gasteiger partial charge in [0.2, 0.25) is 0 Å². The summed E-state index contributed by atoms with van der Waals surface area (Å²) < 4.78 is 24.0. The lowest BCUT2D eigenvalue weighted by atomic mass is 9.90. The third-order valence-electron chi connectivity index (χ3n) is 7.49. The Balaban J connectivity index is 1.57. The minimum absolute atomic E-state index is 0.00668. The Morgan fingerprint density at radius 1 is 1.06 bits per heavy atom. The number of ether oxygens (including phenoxy) is 4. The lowest BCUT2D eigenvalue weighted by Crippen LogP contribution is -2.60. The SMILES string of the molecule is COc1ccc(CN2C(=O)SC[C@H]2[C@@]2(OC)C[C@H]3C[C@@H](CCCCCCC/C(C)=C\C(=O)O3)O2)cc1. The van der Waals surface area contributed by atoms with Gasteiger partial charge in [-0.15, -0.1) is 0 Å². The molecule has 0 N–H and O–H groups in total. The number of allylic oxidation sites excluding steroid dienone is 1. The third-order valence-corrected chi connectivity index (χ3v) is 8.45. The highest BCUT2D eigenvalue weighted by Crippen LogP contribution is 2.43. The number of carbonyl (C=O) groups excluding carboxylic acids is 2. The molecular weight excluding hydrogens is 478 g/mol. The van der Waals surface area contributed by atoms with E-state index in [4.69, 9.17) is 18.9 Å². The Morgan fingerprint density at radius 3 is 2.56 bits per heavy atom. The molecule has 2 fully saturated rings. The monoisotopic (exact) mass is 517 g/mol. The smallest absolute Gasteiger partial charge is 0.330 e. The molecule has 4 rings (SSSR count). The van der Waals surface area contributed by atoms with E-state index in [-0.39, 0.29) is 29.5 Å². The first-order chi connectivity index (χ1) is 17.4. The average Bonchev–Trinajstić information content (AvgIpc) is 3.23. The Labute approximate surface area is 218 Å². The molecule has 3 heterocycles. The van der Waals surface area contributed by atoms with Crippen LogP contribution in [0.25, 0.3) is 0 Å². The number of amides is 1. The zero-order valence-electron chi connectivity index (χ0n) is 21.7. The Hall–Kier alpha value is -2.03. The number of hydrogen-bond donors (Lipinski definition) is 0. The summed E-state index contributed by atoms with van der Waals surface area (Å²) in [7, 11) is 3.28. The van der Waals surface area contributed by atoms with Crippen molar-refractivity contribution < 1.29 is 28.5 Å². The molecule has 1 amide bonds. The second-order valence-electron chi connectivity index (χ2n) is 10.1. The van der Waals surface area contributed by atoms with Gasteiger partial charge in [0, 0.05) is 38.3 Å². The quantitative estimate of drug-likeness (QED) is 0.453. The van der Waals surface area contributed by atoms with Crippen molar-refractivity contribution in [2.75, 3.05) is 20.0 Å². The van der Waals surface area contributed by atoms with Crippen molar-refractivity contribution in [2.24, 2.45) is 0 Å². The summed E-state index contributed by atoms with van der Waals surface area (Å²) in [5, 5.41) is 0.00668. The largest absolute Gasteiger partial charge is 0.497 e. The van der Waals surface area contributed by atoms with Crippen LogP contribution in [0.2, 0.25) is 0 Å². The van der Waals surface area contributed by atoms with Crippen molar-refractivity contribution in [1.82, 2.24) is 4.90 Å². The summed E-state index contributed by atoms with van der Waals surface area (Å²) in [6.07, 6.45) is 9.76. The standard InChI is InChI=1S/C28H39NO6S/c1-20-9-7-5-4-6-8-10-23-16-24(34-26(30)15-20)17-28(33-3,35-23)25-19-36-27(31)29(25)18-21-11-13-22(32-2)14-12-21/h11-15,23-25H,4-10,16-19H2,1-3H3/b20-15-/t23-,24-,25+,28-/m1/s1. The van der Waals surface area contributed by atoms with Crippen molar-refractivity contribution in [3.63, 3.8) is 0 Å². The first-order valence-electron chi connectivity index (χ1n) is 13.1. The molecule has 0 saturated carbocycles. The molecule has 2 saturated heterocycles. The van der Waals surface area contributed by atoms with Gasteiger partial charge in [-0.05, 0) is 43.9 Å². The van der Waals surface area contributed by atoms with Gasteiger partial charge >= 0.3 is 5.97 Å². The van der Waals surface area contributed by atoms with Gasteiger partial charge in [0.1, 0.15) is 11.9 Å². The molecular formula is C28H39NO6S. The number of nitrogens with zero attached hydrogens (tertiary/aromatic N) is 1. The molecule has 1 aromatic rings. The first-order valence-corrected chi connectivity index (χ1v) is 14.1. The third kappa shape index (κ3) is 6.64. The van der Waals surface area contributed by atoms with Crippen LogP contribution in [-0.2, 0) is 25.5 Å². The van der Waals surface area contributed by atoms with Crippen LogP contribution in [0.4, 0.5) is 4.79 Å². The van der Waals surface area contributed by atoms with Gasteiger partial charge in [-0.1, -0.05) is 55.2 Å². The van der Waals surface area contributed by atoms with Gasteiger partial charge in [0.25, 0.3) is 5.24 Å². The maximum Gasteiger partial charge on any atom is 0.330 e. The Kier molecular flexibility index (Phi) is 9.36. The van der Waals surface area contributed by atoms with E-state index in [2.05, 4.69) is 0 Å². The molecule has 3 aliphatic heterocycles. The van der Waals surface area contributed by atoms with E-state index in [1.807, 2.05) is 36.1 Å². The number of methoxy groups -OCH3 is 2. The van der Waals surface area contributed by atoms with E-state index < -0.39 is 5.79 Å². The van der Waals surface area contributed by atoms with Gasteiger partial charge in [-0.25, -0.2) is 4.79 Å². The molecule has 0 aliphatic carbocycles. The zero-order valence-corrected chi connectivity index (χ0v) is 22.5.